The summed E-state index contributed by atoms with van der Waals surface area (Å²) in [5, 5.41) is 6.97. The topological polar surface area (TPSA) is 119 Å². The molecule has 9 heteroatoms. The van der Waals surface area contributed by atoms with Crippen molar-refractivity contribution in [3.8, 4) is 5.95 Å². The summed E-state index contributed by atoms with van der Waals surface area (Å²) in [5.74, 6) is -0.181. The van der Waals surface area contributed by atoms with Crippen LogP contribution in [0.4, 0.5) is 5.82 Å². The van der Waals surface area contributed by atoms with Crippen LogP contribution in [0.2, 0.25) is 0 Å². The van der Waals surface area contributed by atoms with Gasteiger partial charge in [-0.1, -0.05) is 13.3 Å². The van der Waals surface area contributed by atoms with E-state index in [0.29, 0.717) is 23.6 Å². The van der Waals surface area contributed by atoms with Gasteiger partial charge in [-0.25, -0.2) is 4.98 Å². The lowest BCUT2D eigenvalue weighted by Gasteiger charge is -2.09. The molecule has 0 unspecified atom stereocenters. The van der Waals surface area contributed by atoms with Gasteiger partial charge >= 0.3 is 5.97 Å². The Bertz CT molecular complexity index is 840. The Labute approximate surface area is 150 Å². The fourth-order valence-corrected chi connectivity index (χ4v) is 2.38. The second-order valence-corrected chi connectivity index (χ2v) is 5.75. The molecule has 0 bridgehead atoms. The standard InChI is InChI=1S/C17H23N5O4/c1-4-6-12-10-15(24)20-17(18-12)22-13(9-11(3)21-22)19-14(23)7-8-16(25)26-5-2/h9-10H,4-8H2,1-3H3,(H,19,23)(H,18,20,24). The first-order chi connectivity index (χ1) is 12.4. The number of carbonyl (C=O) groups is 2. The molecule has 26 heavy (non-hydrogen) atoms. The molecule has 0 radical (unpaired) electrons. The monoisotopic (exact) mass is 361 g/mol. The lowest BCUT2D eigenvalue weighted by Crippen LogP contribution is -2.20. The molecular weight excluding hydrogens is 338 g/mol. The van der Waals surface area contributed by atoms with Gasteiger partial charge < -0.3 is 10.1 Å². The van der Waals surface area contributed by atoms with Crippen molar-refractivity contribution >= 4 is 17.7 Å². The SMILES string of the molecule is CCCc1cc(=O)[nH]c(-n2nc(C)cc2NC(=O)CCC(=O)OCC)n1. The van der Waals surface area contributed by atoms with Crippen molar-refractivity contribution in [3.63, 3.8) is 0 Å². The van der Waals surface area contributed by atoms with E-state index in [0.717, 1.165) is 6.42 Å². The number of anilines is 1. The van der Waals surface area contributed by atoms with E-state index >= 15 is 0 Å². The molecule has 0 saturated carbocycles. The number of nitrogens with one attached hydrogen (secondary N) is 2. The summed E-state index contributed by atoms with van der Waals surface area (Å²) in [6.07, 6.45) is 1.50. The van der Waals surface area contributed by atoms with Crippen LogP contribution < -0.4 is 10.9 Å². The summed E-state index contributed by atoms with van der Waals surface area (Å²) in [6.45, 7) is 5.74. The zero-order valence-electron chi connectivity index (χ0n) is 15.2. The van der Waals surface area contributed by atoms with E-state index < -0.39 is 5.97 Å². The Morgan fingerprint density at radius 3 is 2.73 bits per heavy atom. The lowest BCUT2D eigenvalue weighted by atomic mass is 10.2. The minimum Gasteiger partial charge on any atom is -0.466 e. The number of esters is 1. The highest BCUT2D eigenvalue weighted by atomic mass is 16.5. The van der Waals surface area contributed by atoms with Crippen LogP contribution in [0.25, 0.3) is 5.95 Å². The molecule has 2 aromatic rings. The number of aromatic nitrogens is 4. The molecule has 2 aromatic heterocycles. The van der Waals surface area contributed by atoms with Crippen LogP contribution in [-0.4, -0.2) is 38.2 Å². The van der Waals surface area contributed by atoms with Crippen LogP contribution in [0, 0.1) is 6.92 Å². The summed E-state index contributed by atoms with van der Waals surface area (Å²) in [4.78, 5) is 42.3. The first-order valence-corrected chi connectivity index (χ1v) is 8.55. The maximum atomic E-state index is 12.1. The number of ether oxygens (including phenoxy) is 1. The fraction of sp³-hybridized carbons (Fsp3) is 0.471. The van der Waals surface area contributed by atoms with Crippen molar-refractivity contribution < 1.29 is 14.3 Å². The van der Waals surface area contributed by atoms with Gasteiger partial charge in [0.25, 0.3) is 5.56 Å². The van der Waals surface area contributed by atoms with E-state index in [4.69, 9.17) is 4.74 Å². The molecule has 0 aromatic carbocycles. The average Bonchev–Trinajstić information content (AvgIpc) is 2.93. The summed E-state index contributed by atoms with van der Waals surface area (Å²) < 4.78 is 6.18. The summed E-state index contributed by atoms with van der Waals surface area (Å²) in [5.41, 5.74) is 1.01. The highest BCUT2D eigenvalue weighted by Crippen LogP contribution is 2.15. The number of hydrogen-bond donors (Lipinski definition) is 2. The predicted octanol–water partition coefficient (Wildman–Crippen LogP) is 1.50. The zero-order chi connectivity index (χ0) is 19.1. The van der Waals surface area contributed by atoms with E-state index in [9.17, 15) is 14.4 Å². The lowest BCUT2D eigenvalue weighted by molar-refractivity contribution is -0.144. The third-order valence-corrected chi connectivity index (χ3v) is 3.45. The molecule has 0 aliphatic heterocycles. The van der Waals surface area contributed by atoms with Crippen molar-refractivity contribution in [1.29, 1.82) is 0 Å². The zero-order valence-corrected chi connectivity index (χ0v) is 15.2. The molecule has 0 aliphatic rings. The van der Waals surface area contributed by atoms with Gasteiger partial charge in [0.2, 0.25) is 11.9 Å². The quantitative estimate of drug-likeness (QED) is 0.688. The van der Waals surface area contributed by atoms with Crippen molar-refractivity contribution in [3.05, 3.63) is 33.9 Å². The van der Waals surface area contributed by atoms with E-state index in [1.165, 1.54) is 10.7 Å². The molecule has 0 spiro atoms. The number of aryl methyl sites for hydroxylation is 2. The van der Waals surface area contributed by atoms with Crippen LogP contribution in [-0.2, 0) is 20.7 Å². The molecular formula is C17H23N5O4. The summed E-state index contributed by atoms with van der Waals surface area (Å²) in [7, 11) is 0. The number of aromatic amines is 1. The van der Waals surface area contributed by atoms with Crippen molar-refractivity contribution in [2.45, 2.75) is 46.5 Å². The average molecular weight is 361 g/mol. The maximum absolute atomic E-state index is 12.1. The van der Waals surface area contributed by atoms with Gasteiger partial charge in [0.1, 0.15) is 5.82 Å². The summed E-state index contributed by atoms with van der Waals surface area (Å²) in [6, 6.07) is 3.11. The highest BCUT2D eigenvalue weighted by molar-refractivity contribution is 5.92. The molecule has 0 fully saturated rings. The van der Waals surface area contributed by atoms with Gasteiger partial charge in [-0.2, -0.15) is 9.78 Å². The predicted molar refractivity (Wildman–Crippen MR) is 95.2 cm³/mol. The van der Waals surface area contributed by atoms with Gasteiger partial charge in [0.15, 0.2) is 0 Å². The Morgan fingerprint density at radius 1 is 1.27 bits per heavy atom. The van der Waals surface area contributed by atoms with Crippen molar-refractivity contribution in [2.24, 2.45) is 0 Å². The molecule has 9 nitrogen and oxygen atoms in total. The van der Waals surface area contributed by atoms with Gasteiger partial charge in [-0.05, 0) is 20.3 Å². The molecule has 140 valence electrons. The number of hydrogen-bond acceptors (Lipinski definition) is 6. The molecule has 1 amide bonds. The smallest absolute Gasteiger partial charge is 0.306 e. The fourth-order valence-electron chi connectivity index (χ4n) is 2.38. The van der Waals surface area contributed by atoms with Crippen LogP contribution in [0.15, 0.2) is 16.9 Å². The third kappa shape index (κ3) is 5.27. The van der Waals surface area contributed by atoms with Crippen LogP contribution in [0.3, 0.4) is 0 Å². The molecule has 2 heterocycles. The molecule has 0 saturated heterocycles. The van der Waals surface area contributed by atoms with Crippen molar-refractivity contribution in [2.75, 3.05) is 11.9 Å². The maximum Gasteiger partial charge on any atom is 0.306 e. The van der Waals surface area contributed by atoms with E-state index in [2.05, 4.69) is 20.4 Å². The number of nitrogens with zero attached hydrogens (tertiary/aromatic N) is 3. The van der Waals surface area contributed by atoms with E-state index in [1.54, 1.807) is 19.9 Å². The van der Waals surface area contributed by atoms with E-state index in [-0.39, 0.29) is 36.9 Å². The minimum atomic E-state index is -0.425. The third-order valence-electron chi connectivity index (χ3n) is 3.45. The van der Waals surface area contributed by atoms with Gasteiger partial charge in [-0.3, -0.25) is 19.4 Å². The highest BCUT2D eigenvalue weighted by Gasteiger charge is 2.14. The van der Waals surface area contributed by atoms with Gasteiger partial charge in [-0.15, -0.1) is 0 Å². The number of amides is 1. The van der Waals surface area contributed by atoms with Crippen LogP contribution in [0.5, 0.6) is 0 Å². The van der Waals surface area contributed by atoms with Crippen molar-refractivity contribution in [1.82, 2.24) is 19.7 Å². The number of carbonyl (C=O) groups excluding carboxylic acids is 2. The van der Waals surface area contributed by atoms with Gasteiger partial charge in [0, 0.05) is 24.2 Å². The Kier molecular flexibility index (Phi) is 6.65. The van der Waals surface area contributed by atoms with Crippen LogP contribution >= 0.6 is 0 Å². The van der Waals surface area contributed by atoms with E-state index in [1.807, 2.05) is 6.92 Å². The first kappa shape index (κ1) is 19.4. The number of H-pyrrole nitrogens is 1. The molecule has 2 rings (SSSR count). The number of rotatable bonds is 8. The second kappa shape index (κ2) is 8.93. The normalized spacial score (nSPS) is 10.6. The summed E-state index contributed by atoms with van der Waals surface area (Å²) >= 11 is 0. The Balaban J connectivity index is 2.19. The molecule has 2 N–H and O–H groups in total. The Morgan fingerprint density at radius 2 is 2.04 bits per heavy atom. The minimum absolute atomic E-state index is 0.00609. The largest absolute Gasteiger partial charge is 0.466 e. The van der Waals surface area contributed by atoms with Gasteiger partial charge in [0.05, 0.1) is 18.7 Å². The molecule has 0 aliphatic carbocycles. The Hall–Kier alpha value is -2.97. The first-order valence-electron chi connectivity index (χ1n) is 8.55. The second-order valence-electron chi connectivity index (χ2n) is 5.75. The molecule has 0 atom stereocenters. The van der Waals surface area contributed by atoms with Crippen LogP contribution in [0.1, 0.15) is 44.5 Å².